The summed E-state index contributed by atoms with van der Waals surface area (Å²) in [6, 6.07) is 0. The fourth-order valence-electron chi connectivity index (χ4n) is 0.890. The van der Waals surface area contributed by atoms with Gasteiger partial charge in [-0.05, 0) is 13.0 Å². The summed E-state index contributed by atoms with van der Waals surface area (Å²) in [5.41, 5.74) is 0. The Morgan fingerprint density at radius 1 is 1.56 bits per heavy atom. The van der Waals surface area contributed by atoms with Gasteiger partial charge in [-0.15, -0.1) is 0 Å². The van der Waals surface area contributed by atoms with Gasteiger partial charge in [0.15, 0.2) is 0 Å². The van der Waals surface area contributed by atoms with Gasteiger partial charge in [0.25, 0.3) is 5.76 Å². The van der Waals surface area contributed by atoms with E-state index in [0.29, 0.717) is 0 Å². The zero-order chi connectivity index (χ0) is 6.69. The van der Waals surface area contributed by atoms with Gasteiger partial charge in [-0.3, -0.25) is 0 Å². The molecule has 0 amide bonds. The molecule has 0 aromatic heterocycles. The summed E-state index contributed by atoms with van der Waals surface area (Å²) in [5.74, 6) is -2.20. The average molecular weight is 153 g/mol. The molecule has 0 aromatic rings. The van der Waals surface area contributed by atoms with Crippen molar-refractivity contribution in [3.05, 3.63) is 0 Å². The van der Waals surface area contributed by atoms with Crippen molar-refractivity contribution < 1.29 is 8.78 Å². The Kier molecular flexibility index (Phi) is 2.72. The molecule has 0 aliphatic carbocycles. The first-order valence-corrected chi connectivity index (χ1v) is 3.87. The molecule has 9 heavy (non-hydrogen) atoms. The molecule has 1 nitrogen and oxygen atoms in total. The van der Waals surface area contributed by atoms with Gasteiger partial charge >= 0.3 is 0 Å². The summed E-state index contributed by atoms with van der Waals surface area (Å²) in [6.07, 6.45) is 0.884. The molecule has 0 radical (unpaired) electrons. The van der Waals surface area contributed by atoms with E-state index in [2.05, 4.69) is 5.32 Å². The highest BCUT2D eigenvalue weighted by molar-refractivity contribution is 8.00. The smallest absolute Gasteiger partial charge is 0.284 e. The zero-order valence-electron chi connectivity index (χ0n) is 4.94. The molecule has 0 aromatic carbocycles. The van der Waals surface area contributed by atoms with Crippen LogP contribution in [0.1, 0.15) is 6.42 Å². The summed E-state index contributed by atoms with van der Waals surface area (Å²) >= 11 is 0.766. The largest absolute Gasteiger partial charge is 0.316 e. The van der Waals surface area contributed by atoms with E-state index in [1.54, 1.807) is 0 Å². The van der Waals surface area contributed by atoms with Gasteiger partial charge in [0.2, 0.25) is 0 Å². The second-order valence-electron chi connectivity index (χ2n) is 2.01. The number of rotatable bonds is 2. The summed E-state index contributed by atoms with van der Waals surface area (Å²) in [7, 11) is 0. The van der Waals surface area contributed by atoms with Crippen LogP contribution in [0.25, 0.3) is 0 Å². The predicted octanol–water partition coefficient (Wildman–Crippen LogP) is 1.30. The quantitative estimate of drug-likeness (QED) is 0.641. The van der Waals surface area contributed by atoms with Crippen LogP contribution in [0.5, 0.6) is 0 Å². The van der Waals surface area contributed by atoms with E-state index < -0.39 is 5.76 Å². The van der Waals surface area contributed by atoms with Crippen molar-refractivity contribution in [3.63, 3.8) is 0 Å². The molecule has 54 valence electrons. The van der Waals surface area contributed by atoms with Gasteiger partial charge in [-0.25, -0.2) is 0 Å². The van der Waals surface area contributed by atoms with Gasteiger partial charge in [-0.2, -0.15) is 8.78 Å². The summed E-state index contributed by atoms with van der Waals surface area (Å²) in [5, 5.41) is 3.17. The lowest BCUT2D eigenvalue weighted by Crippen LogP contribution is -2.11. The van der Waals surface area contributed by atoms with E-state index in [9.17, 15) is 8.78 Å². The number of halogens is 2. The van der Waals surface area contributed by atoms with Gasteiger partial charge in [0, 0.05) is 11.8 Å². The standard InChI is InChI=1S/C5H9F2NS/c6-5(7)9-4-1-2-8-3-4/h4-5,8H,1-3H2. The number of thioether (sulfide) groups is 1. The SMILES string of the molecule is FC(F)SC1CCNC1. The maximum atomic E-state index is 11.6. The Morgan fingerprint density at radius 3 is 2.78 bits per heavy atom. The molecule has 1 saturated heterocycles. The van der Waals surface area contributed by atoms with Crippen molar-refractivity contribution in [2.45, 2.75) is 17.4 Å². The maximum absolute atomic E-state index is 11.6. The first-order chi connectivity index (χ1) is 4.29. The first kappa shape index (κ1) is 7.28. The molecular weight excluding hydrogens is 144 g/mol. The van der Waals surface area contributed by atoms with Crippen LogP contribution in [0.15, 0.2) is 0 Å². The highest BCUT2D eigenvalue weighted by Crippen LogP contribution is 2.23. The average Bonchev–Trinajstić information content (AvgIpc) is 2.15. The first-order valence-electron chi connectivity index (χ1n) is 2.93. The highest BCUT2D eigenvalue weighted by atomic mass is 32.2. The van der Waals surface area contributed by atoms with Crippen LogP contribution in [-0.4, -0.2) is 24.1 Å². The zero-order valence-corrected chi connectivity index (χ0v) is 5.76. The van der Waals surface area contributed by atoms with Crippen molar-refractivity contribution in [2.75, 3.05) is 13.1 Å². The van der Waals surface area contributed by atoms with Gasteiger partial charge < -0.3 is 5.32 Å². The molecule has 0 spiro atoms. The van der Waals surface area contributed by atoms with Crippen LogP contribution in [0.2, 0.25) is 0 Å². The molecule has 1 N–H and O–H groups in total. The lowest BCUT2D eigenvalue weighted by molar-refractivity contribution is 0.251. The Labute approximate surface area is 57.2 Å². The van der Waals surface area contributed by atoms with Crippen LogP contribution in [0, 0.1) is 0 Å². The van der Waals surface area contributed by atoms with Crippen LogP contribution in [0.3, 0.4) is 0 Å². The maximum Gasteiger partial charge on any atom is 0.284 e. The van der Waals surface area contributed by atoms with Crippen LogP contribution < -0.4 is 5.32 Å². The number of hydrogen-bond donors (Lipinski definition) is 1. The number of nitrogens with one attached hydrogen (secondary N) is 1. The van der Waals surface area contributed by atoms with Gasteiger partial charge in [0.1, 0.15) is 0 Å². The molecule has 1 rings (SSSR count). The predicted molar refractivity (Wildman–Crippen MR) is 34.9 cm³/mol. The molecule has 0 bridgehead atoms. The lowest BCUT2D eigenvalue weighted by Gasteiger charge is -2.04. The summed E-state index contributed by atoms with van der Waals surface area (Å²) in [6.45, 7) is 1.64. The molecule has 1 aliphatic rings. The Bertz CT molecular complexity index is 83.0. The fraction of sp³-hybridized carbons (Fsp3) is 1.00. The normalized spacial score (nSPS) is 27.7. The summed E-state index contributed by atoms with van der Waals surface area (Å²) < 4.78 is 23.2. The van der Waals surface area contributed by atoms with Crippen LogP contribution in [0.4, 0.5) is 8.78 Å². The third kappa shape index (κ3) is 2.49. The van der Waals surface area contributed by atoms with Gasteiger partial charge in [0.05, 0.1) is 0 Å². The second kappa shape index (κ2) is 3.37. The van der Waals surface area contributed by atoms with E-state index in [1.807, 2.05) is 0 Å². The van der Waals surface area contributed by atoms with Crippen LogP contribution in [-0.2, 0) is 0 Å². The van der Waals surface area contributed by atoms with Crippen LogP contribution >= 0.6 is 11.8 Å². The Hall–Kier alpha value is 0.170. The third-order valence-electron chi connectivity index (χ3n) is 1.31. The highest BCUT2D eigenvalue weighted by Gasteiger charge is 2.18. The molecular formula is C5H9F2NS. The van der Waals surface area contributed by atoms with Crippen molar-refractivity contribution in [3.8, 4) is 0 Å². The van der Waals surface area contributed by atoms with Crippen molar-refractivity contribution in [1.82, 2.24) is 5.32 Å². The number of hydrogen-bond acceptors (Lipinski definition) is 2. The lowest BCUT2D eigenvalue weighted by atomic mass is 10.4. The second-order valence-corrected chi connectivity index (χ2v) is 3.31. The molecule has 1 aliphatic heterocycles. The minimum atomic E-state index is -2.20. The Balaban J connectivity index is 2.11. The fourth-order valence-corrected chi connectivity index (χ4v) is 1.65. The topological polar surface area (TPSA) is 12.0 Å². The molecule has 1 heterocycles. The molecule has 1 unspecified atom stereocenters. The van der Waals surface area contributed by atoms with Gasteiger partial charge in [-0.1, -0.05) is 11.8 Å². The molecule has 1 fully saturated rings. The van der Waals surface area contributed by atoms with Crippen molar-refractivity contribution in [1.29, 1.82) is 0 Å². The molecule has 0 saturated carbocycles. The van der Waals surface area contributed by atoms with E-state index in [0.717, 1.165) is 31.3 Å². The monoisotopic (exact) mass is 153 g/mol. The minimum absolute atomic E-state index is 0.144. The van der Waals surface area contributed by atoms with E-state index in [-0.39, 0.29) is 5.25 Å². The number of alkyl halides is 2. The minimum Gasteiger partial charge on any atom is -0.316 e. The Morgan fingerprint density at radius 2 is 2.33 bits per heavy atom. The molecule has 1 atom stereocenters. The van der Waals surface area contributed by atoms with E-state index >= 15 is 0 Å². The third-order valence-corrected chi connectivity index (χ3v) is 2.30. The summed E-state index contributed by atoms with van der Waals surface area (Å²) in [4.78, 5) is 0. The van der Waals surface area contributed by atoms with E-state index in [1.165, 1.54) is 0 Å². The molecule has 4 heteroatoms. The van der Waals surface area contributed by atoms with E-state index in [4.69, 9.17) is 0 Å². The van der Waals surface area contributed by atoms with Crippen molar-refractivity contribution in [2.24, 2.45) is 0 Å². The van der Waals surface area contributed by atoms with Crippen molar-refractivity contribution >= 4 is 11.8 Å².